The van der Waals surface area contributed by atoms with E-state index in [-0.39, 0.29) is 52.4 Å². The van der Waals surface area contributed by atoms with Gasteiger partial charge in [0.25, 0.3) is 5.91 Å². The first-order valence-electron chi connectivity index (χ1n) is 14.2. The molecule has 0 radical (unpaired) electrons. The fourth-order valence-electron chi connectivity index (χ4n) is 5.72. The molecule has 236 valence electrons. The predicted molar refractivity (Wildman–Crippen MR) is 168 cm³/mol. The van der Waals surface area contributed by atoms with Crippen molar-refractivity contribution in [3.05, 3.63) is 99.5 Å². The summed E-state index contributed by atoms with van der Waals surface area (Å²) in [5, 5.41) is 24.7. The van der Waals surface area contributed by atoms with E-state index in [0.29, 0.717) is 28.1 Å². The van der Waals surface area contributed by atoms with Crippen molar-refractivity contribution in [2.75, 3.05) is 6.54 Å². The molecular formula is C34H31Cl2F3N2O4. The van der Waals surface area contributed by atoms with Gasteiger partial charge in [0.2, 0.25) is 5.88 Å². The van der Waals surface area contributed by atoms with Gasteiger partial charge in [-0.1, -0.05) is 47.5 Å². The smallest absolute Gasteiger partial charge is 0.417 e. The van der Waals surface area contributed by atoms with Crippen molar-refractivity contribution in [2.45, 2.75) is 56.9 Å². The Morgan fingerprint density at radius 1 is 1.02 bits per heavy atom. The highest BCUT2D eigenvalue weighted by atomic mass is 35.5. The van der Waals surface area contributed by atoms with E-state index < -0.39 is 28.8 Å². The molecule has 0 saturated carbocycles. The lowest BCUT2D eigenvalue weighted by molar-refractivity contribution is -0.137. The number of hydrogen-bond donors (Lipinski definition) is 3. The Labute approximate surface area is 268 Å². The van der Waals surface area contributed by atoms with Crippen LogP contribution in [0.25, 0.3) is 22.4 Å². The number of amides is 1. The highest BCUT2D eigenvalue weighted by molar-refractivity contribution is 6.31. The third-order valence-corrected chi connectivity index (χ3v) is 8.22. The number of alkyl halides is 3. The van der Waals surface area contributed by atoms with Gasteiger partial charge in [0.15, 0.2) is 0 Å². The van der Waals surface area contributed by atoms with Crippen LogP contribution in [0.3, 0.4) is 0 Å². The Bertz CT molecular complexity index is 1740. The molecule has 0 bridgehead atoms. The minimum Gasteiger partial charge on any atom is -0.507 e. The van der Waals surface area contributed by atoms with Crippen LogP contribution in [-0.4, -0.2) is 38.9 Å². The molecular weight excluding hydrogens is 628 g/mol. The van der Waals surface area contributed by atoms with Crippen LogP contribution in [-0.2, 0) is 6.18 Å². The van der Waals surface area contributed by atoms with Crippen molar-refractivity contribution >= 4 is 29.1 Å². The molecule has 1 aromatic heterocycles. The summed E-state index contributed by atoms with van der Waals surface area (Å²) in [5.74, 6) is -0.930. The Morgan fingerprint density at radius 3 is 2.36 bits per heavy atom. The summed E-state index contributed by atoms with van der Waals surface area (Å²) in [4.78, 5) is 17.4. The van der Waals surface area contributed by atoms with Gasteiger partial charge < -0.3 is 20.3 Å². The molecule has 3 N–H and O–H groups in total. The molecule has 0 spiro atoms. The molecule has 1 aliphatic rings. The normalized spacial score (nSPS) is 17.1. The molecule has 6 nitrogen and oxygen atoms in total. The molecule has 1 amide bonds. The molecule has 5 rings (SSSR count). The summed E-state index contributed by atoms with van der Waals surface area (Å²) in [7, 11) is 0. The first-order valence-corrected chi connectivity index (χ1v) is 14.9. The fraction of sp³-hybridized carbons (Fsp3) is 0.294. The van der Waals surface area contributed by atoms with Gasteiger partial charge >= 0.3 is 6.18 Å². The number of carbonyl (C=O) groups is 1. The van der Waals surface area contributed by atoms with Crippen LogP contribution >= 0.6 is 23.2 Å². The predicted octanol–water partition coefficient (Wildman–Crippen LogP) is 8.66. The van der Waals surface area contributed by atoms with E-state index in [1.807, 2.05) is 13.8 Å². The Kier molecular flexibility index (Phi) is 8.83. The lowest BCUT2D eigenvalue weighted by Crippen LogP contribution is -2.44. The van der Waals surface area contributed by atoms with Gasteiger partial charge in [0.05, 0.1) is 22.4 Å². The van der Waals surface area contributed by atoms with E-state index in [9.17, 15) is 28.2 Å². The second-order valence-corrected chi connectivity index (χ2v) is 13.0. The monoisotopic (exact) mass is 658 g/mol. The minimum atomic E-state index is -4.68. The van der Waals surface area contributed by atoms with Crippen LogP contribution in [0.1, 0.15) is 61.0 Å². The second-order valence-electron chi connectivity index (χ2n) is 12.1. The second kappa shape index (κ2) is 12.2. The number of pyridine rings is 1. The number of aromatic hydroxyl groups is 1. The number of halogens is 5. The molecule has 1 aliphatic heterocycles. The first kappa shape index (κ1) is 32.6. The highest BCUT2D eigenvalue weighted by Gasteiger charge is 2.40. The van der Waals surface area contributed by atoms with Gasteiger partial charge in [-0.15, -0.1) is 0 Å². The van der Waals surface area contributed by atoms with E-state index in [1.54, 1.807) is 49.4 Å². The zero-order valence-electron chi connectivity index (χ0n) is 24.7. The summed E-state index contributed by atoms with van der Waals surface area (Å²) in [6, 6.07) is 17.9. The number of rotatable bonds is 7. The summed E-state index contributed by atoms with van der Waals surface area (Å²) in [6.45, 7) is 5.14. The Balaban J connectivity index is 1.58. The van der Waals surface area contributed by atoms with Crippen molar-refractivity contribution in [3.8, 4) is 34.0 Å². The number of phenols is 1. The van der Waals surface area contributed by atoms with Crippen molar-refractivity contribution in [3.63, 3.8) is 0 Å². The number of aromatic nitrogens is 1. The lowest BCUT2D eigenvalue weighted by atomic mass is 9.78. The number of fused-ring (bicyclic) bond motifs is 1. The molecule has 3 aromatic carbocycles. The summed E-state index contributed by atoms with van der Waals surface area (Å²) in [6.07, 6.45) is -4.06. The number of aliphatic hydroxyl groups is 1. The summed E-state index contributed by atoms with van der Waals surface area (Å²) < 4.78 is 48.9. The molecule has 2 heterocycles. The topological polar surface area (TPSA) is 91.7 Å². The molecule has 0 saturated heterocycles. The van der Waals surface area contributed by atoms with Gasteiger partial charge in [-0.05, 0) is 93.6 Å². The average Bonchev–Trinajstić information content (AvgIpc) is 2.95. The van der Waals surface area contributed by atoms with Crippen LogP contribution in [0.4, 0.5) is 13.2 Å². The molecule has 2 unspecified atom stereocenters. The maximum atomic E-state index is 14.2. The molecule has 11 heteroatoms. The van der Waals surface area contributed by atoms with Crippen molar-refractivity contribution in [1.29, 1.82) is 0 Å². The summed E-state index contributed by atoms with van der Waals surface area (Å²) >= 11 is 12.3. The lowest BCUT2D eigenvalue weighted by Gasteiger charge is -2.40. The van der Waals surface area contributed by atoms with E-state index >= 15 is 0 Å². The standard InChI is InChI=1S/C34H31Cl2F3N2O4/c1-32(2)16-20(17-33(3,44)18-40-30(43)23-6-4-5-7-28(23)42)25-15-24(19-8-10-21(35)11-9-19)29(41-31(25)45-32)26-14-22(36)12-13-27(26)34(37,38)39/h4-15,20,42,44H,16-18H2,1-3H3,(H,40,43). The number of para-hydroxylation sites is 1. The Morgan fingerprint density at radius 2 is 1.69 bits per heavy atom. The van der Waals surface area contributed by atoms with E-state index in [0.717, 1.165) is 6.07 Å². The molecule has 0 aliphatic carbocycles. The van der Waals surface area contributed by atoms with E-state index in [2.05, 4.69) is 5.32 Å². The van der Waals surface area contributed by atoms with Crippen LogP contribution < -0.4 is 10.1 Å². The number of carbonyl (C=O) groups excluding carboxylic acids is 1. The van der Waals surface area contributed by atoms with Crippen LogP contribution in [0.15, 0.2) is 72.8 Å². The van der Waals surface area contributed by atoms with Crippen molar-refractivity contribution in [1.82, 2.24) is 10.3 Å². The van der Waals surface area contributed by atoms with Gasteiger partial charge in [0, 0.05) is 33.3 Å². The van der Waals surface area contributed by atoms with E-state index in [4.69, 9.17) is 32.9 Å². The average molecular weight is 660 g/mol. The maximum absolute atomic E-state index is 14.2. The van der Waals surface area contributed by atoms with Crippen LogP contribution in [0.5, 0.6) is 11.6 Å². The van der Waals surface area contributed by atoms with E-state index in [1.165, 1.54) is 24.3 Å². The molecule has 2 atom stereocenters. The number of nitrogens with zero attached hydrogens (tertiary/aromatic N) is 1. The first-order chi connectivity index (χ1) is 21.0. The van der Waals surface area contributed by atoms with Gasteiger partial charge in [-0.2, -0.15) is 13.2 Å². The van der Waals surface area contributed by atoms with Crippen LogP contribution in [0.2, 0.25) is 10.0 Å². The molecule has 0 fully saturated rings. The SMILES string of the molecule is CC(O)(CNC(=O)c1ccccc1O)CC1CC(C)(C)Oc2nc(-c3cc(Cl)ccc3C(F)(F)F)c(-c3ccc(Cl)cc3)cc21. The molecule has 45 heavy (non-hydrogen) atoms. The largest absolute Gasteiger partial charge is 0.507 e. The minimum absolute atomic E-state index is 0.0315. The maximum Gasteiger partial charge on any atom is 0.417 e. The fourth-order valence-corrected chi connectivity index (χ4v) is 6.02. The number of benzene rings is 3. The number of nitrogens with one attached hydrogen (secondary N) is 1. The third kappa shape index (κ3) is 7.38. The highest BCUT2D eigenvalue weighted by Crippen LogP contribution is 2.48. The quantitative estimate of drug-likeness (QED) is 0.185. The molecule has 4 aromatic rings. The Hall–Kier alpha value is -3.79. The number of hydrogen-bond acceptors (Lipinski definition) is 5. The zero-order chi connectivity index (χ0) is 32.7. The number of ether oxygens (including phenoxy) is 1. The van der Waals surface area contributed by atoms with Gasteiger partial charge in [0.1, 0.15) is 11.4 Å². The van der Waals surface area contributed by atoms with Crippen molar-refractivity contribution in [2.24, 2.45) is 0 Å². The third-order valence-electron chi connectivity index (χ3n) is 7.73. The number of phenolic OH excluding ortho intramolecular Hbond substituents is 1. The summed E-state index contributed by atoms with van der Waals surface area (Å²) in [5.41, 5.74) is -1.61. The zero-order valence-corrected chi connectivity index (χ0v) is 26.2. The van der Waals surface area contributed by atoms with Gasteiger partial charge in [-0.25, -0.2) is 4.98 Å². The van der Waals surface area contributed by atoms with Crippen LogP contribution in [0, 0.1) is 0 Å². The van der Waals surface area contributed by atoms with Gasteiger partial charge in [-0.3, -0.25) is 4.79 Å². The van der Waals surface area contributed by atoms with Crippen molar-refractivity contribution < 1.29 is 32.9 Å².